The van der Waals surface area contributed by atoms with Crippen molar-refractivity contribution in [3.63, 3.8) is 0 Å². The van der Waals surface area contributed by atoms with Crippen molar-refractivity contribution < 1.29 is 0 Å². The summed E-state index contributed by atoms with van der Waals surface area (Å²) in [5.41, 5.74) is 5.99. The number of rotatable bonds is 3. The predicted molar refractivity (Wildman–Crippen MR) is 93.5 cm³/mol. The molecule has 0 aliphatic heterocycles. The Morgan fingerprint density at radius 2 is 2.00 bits per heavy atom. The fourth-order valence-electron chi connectivity index (χ4n) is 2.63. The van der Waals surface area contributed by atoms with Crippen LogP contribution in [0.25, 0.3) is 4.96 Å². The second-order valence-electron chi connectivity index (χ2n) is 5.43. The van der Waals surface area contributed by atoms with Gasteiger partial charge < -0.3 is 5.32 Å². The molecule has 3 aromatic rings. The number of nitrogens with one attached hydrogen (secondary N) is 1. The van der Waals surface area contributed by atoms with Gasteiger partial charge in [0.05, 0.1) is 23.6 Å². The number of aryl methyl sites for hydroxylation is 4. The molecule has 0 aliphatic carbocycles. The molecular formula is C16H18BrN3S. The highest BCUT2D eigenvalue weighted by molar-refractivity contribution is 9.10. The summed E-state index contributed by atoms with van der Waals surface area (Å²) in [6, 6.07) is 4.34. The first-order chi connectivity index (χ1) is 9.95. The summed E-state index contributed by atoms with van der Waals surface area (Å²) in [7, 11) is 0. The van der Waals surface area contributed by atoms with Crippen LogP contribution >= 0.6 is 27.3 Å². The summed E-state index contributed by atoms with van der Waals surface area (Å²) in [6.45, 7) is 9.20. The van der Waals surface area contributed by atoms with Crippen LogP contribution in [-0.2, 0) is 6.54 Å². The Balaban J connectivity index is 1.92. The van der Waals surface area contributed by atoms with Gasteiger partial charge in [0.2, 0.25) is 0 Å². The van der Waals surface area contributed by atoms with Crippen molar-refractivity contribution in [3.8, 4) is 0 Å². The molecule has 21 heavy (non-hydrogen) atoms. The van der Waals surface area contributed by atoms with E-state index in [1.807, 2.05) is 0 Å². The van der Waals surface area contributed by atoms with Gasteiger partial charge in [0.1, 0.15) is 0 Å². The van der Waals surface area contributed by atoms with Crippen molar-refractivity contribution in [2.24, 2.45) is 0 Å². The molecule has 0 aliphatic rings. The standard InChI is InChI=1S/C16H18BrN3S/c1-9-5-10(2)15(13(17)6-9)18-7-14-12(4)19-16-20(14)8-11(3)21-16/h5-6,8,18H,7H2,1-4H3. The van der Waals surface area contributed by atoms with Crippen LogP contribution in [0.5, 0.6) is 0 Å². The zero-order valence-corrected chi connectivity index (χ0v) is 15.0. The highest BCUT2D eigenvalue weighted by Gasteiger charge is 2.12. The summed E-state index contributed by atoms with van der Waals surface area (Å²) in [6.07, 6.45) is 2.16. The van der Waals surface area contributed by atoms with Crippen LogP contribution in [0.15, 0.2) is 22.8 Å². The number of hydrogen-bond donors (Lipinski definition) is 1. The van der Waals surface area contributed by atoms with Crippen LogP contribution in [0.2, 0.25) is 0 Å². The molecule has 0 radical (unpaired) electrons. The Morgan fingerprint density at radius 1 is 1.24 bits per heavy atom. The molecule has 110 valence electrons. The van der Waals surface area contributed by atoms with Crippen LogP contribution < -0.4 is 5.32 Å². The molecule has 5 heteroatoms. The third kappa shape index (κ3) is 2.72. The molecule has 0 saturated heterocycles. The highest BCUT2D eigenvalue weighted by atomic mass is 79.9. The van der Waals surface area contributed by atoms with Gasteiger partial charge in [-0.05, 0) is 60.8 Å². The van der Waals surface area contributed by atoms with Crippen molar-refractivity contribution in [3.05, 3.63) is 50.2 Å². The maximum Gasteiger partial charge on any atom is 0.194 e. The van der Waals surface area contributed by atoms with E-state index in [1.165, 1.54) is 21.7 Å². The zero-order chi connectivity index (χ0) is 15.1. The van der Waals surface area contributed by atoms with E-state index in [1.54, 1.807) is 11.3 Å². The fraction of sp³-hybridized carbons (Fsp3) is 0.312. The number of aromatic nitrogens is 2. The number of benzene rings is 1. The molecule has 0 bridgehead atoms. The van der Waals surface area contributed by atoms with E-state index in [2.05, 4.69) is 76.7 Å². The normalized spacial score (nSPS) is 11.3. The summed E-state index contributed by atoms with van der Waals surface area (Å²) < 4.78 is 3.31. The van der Waals surface area contributed by atoms with E-state index in [9.17, 15) is 0 Å². The van der Waals surface area contributed by atoms with E-state index in [0.717, 1.165) is 27.4 Å². The number of fused-ring (bicyclic) bond motifs is 1. The molecule has 0 atom stereocenters. The average Bonchev–Trinajstić information content (AvgIpc) is 2.84. The molecule has 0 unspecified atom stereocenters. The lowest BCUT2D eigenvalue weighted by Gasteiger charge is -2.13. The third-order valence-electron chi connectivity index (χ3n) is 3.61. The third-order valence-corrected chi connectivity index (χ3v) is 5.13. The minimum absolute atomic E-state index is 0.770. The van der Waals surface area contributed by atoms with Crippen LogP contribution in [0.4, 0.5) is 5.69 Å². The smallest absolute Gasteiger partial charge is 0.194 e. The van der Waals surface area contributed by atoms with Gasteiger partial charge in [0.15, 0.2) is 4.96 Å². The maximum atomic E-state index is 4.63. The fourth-order valence-corrected chi connectivity index (χ4v) is 4.34. The van der Waals surface area contributed by atoms with Gasteiger partial charge >= 0.3 is 0 Å². The van der Waals surface area contributed by atoms with Gasteiger partial charge in [-0.1, -0.05) is 6.07 Å². The first-order valence-corrected chi connectivity index (χ1v) is 8.51. The molecule has 0 fully saturated rings. The summed E-state index contributed by atoms with van der Waals surface area (Å²) in [5.74, 6) is 0. The van der Waals surface area contributed by atoms with Crippen molar-refractivity contribution in [1.82, 2.24) is 9.38 Å². The summed E-state index contributed by atoms with van der Waals surface area (Å²) in [4.78, 5) is 6.99. The molecule has 1 aromatic carbocycles. The lowest BCUT2D eigenvalue weighted by atomic mass is 10.1. The van der Waals surface area contributed by atoms with Gasteiger partial charge in [-0.2, -0.15) is 0 Å². The Labute approximate surface area is 137 Å². The largest absolute Gasteiger partial charge is 0.378 e. The Morgan fingerprint density at radius 3 is 2.71 bits per heavy atom. The van der Waals surface area contributed by atoms with Crippen LogP contribution in [0, 0.1) is 27.7 Å². The molecule has 0 amide bonds. The van der Waals surface area contributed by atoms with Gasteiger partial charge in [-0.15, -0.1) is 11.3 Å². The number of anilines is 1. The van der Waals surface area contributed by atoms with E-state index in [4.69, 9.17) is 0 Å². The summed E-state index contributed by atoms with van der Waals surface area (Å²) >= 11 is 5.38. The van der Waals surface area contributed by atoms with Crippen LogP contribution in [0.3, 0.4) is 0 Å². The Hall–Kier alpha value is -1.33. The molecule has 3 rings (SSSR count). The minimum atomic E-state index is 0.770. The van der Waals surface area contributed by atoms with Gasteiger partial charge in [-0.3, -0.25) is 4.40 Å². The molecule has 2 heterocycles. The van der Waals surface area contributed by atoms with Crippen LogP contribution in [0.1, 0.15) is 27.4 Å². The molecule has 1 N–H and O–H groups in total. The van der Waals surface area contributed by atoms with Gasteiger partial charge in [0.25, 0.3) is 0 Å². The van der Waals surface area contributed by atoms with E-state index < -0.39 is 0 Å². The topological polar surface area (TPSA) is 29.3 Å². The first kappa shape index (κ1) is 14.6. The van der Waals surface area contributed by atoms with Crippen molar-refractivity contribution in [1.29, 1.82) is 0 Å². The van der Waals surface area contributed by atoms with Crippen molar-refractivity contribution in [2.45, 2.75) is 34.2 Å². The predicted octanol–water partition coefficient (Wildman–Crippen LogP) is 5.00. The number of nitrogens with zero attached hydrogens (tertiary/aromatic N) is 2. The number of imidazole rings is 1. The van der Waals surface area contributed by atoms with E-state index in [0.29, 0.717) is 0 Å². The van der Waals surface area contributed by atoms with Crippen LogP contribution in [-0.4, -0.2) is 9.38 Å². The SMILES string of the molecule is Cc1cc(C)c(NCc2c(C)nc3sc(C)cn23)c(Br)c1. The maximum absolute atomic E-state index is 4.63. The molecular weight excluding hydrogens is 346 g/mol. The second-order valence-corrected chi connectivity index (χ2v) is 7.50. The lowest BCUT2D eigenvalue weighted by molar-refractivity contribution is 0.988. The average molecular weight is 364 g/mol. The monoisotopic (exact) mass is 363 g/mol. The minimum Gasteiger partial charge on any atom is -0.378 e. The summed E-state index contributed by atoms with van der Waals surface area (Å²) in [5, 5.41) is 3.55. The number of hydrogen-bond acceptors (Lipinski definition) is 3. The second kappa shape index (κ2) is 5.46. The van der Waals surface area contributed by atoms with Crippen molar-refractivity contribution >= 4 is 37.9 Å². The van der Waals surface area contributed by atoms with Gasteiger partial charge in [0, 0.05) is 15.5 Å². The molecule has 0 spiro atoms. The van der Waals surface area contributed by atoms with Crippen molar-refractivity contribution in [2.75, 3.05) is 5.32 Å². The highest BCUT2D eigenvalue weighted by Crippen LogP contribution is 2.29. The Bertz CT molecular complexity index is 793. The van der Waals surface area contributed by atoms with E-state index in [-0.39, 0.29) is 0 Å². The van der Waals surface area contributed by atoms with Gasteiger partial charge in [-0.25, -0.2) is 4.98 Å². The number of halogens is 1. The lowest BCUT2D eigenvalue weighted by Crippen LogP contribution is -2.05. The molecule has 0 saturated carbocycles. The van der Waals surface area contributed by atoms with E-state index >= 15 is 0 Å². The quantitative estimate of drug-likeness (QED) is 0.708. The number of thiazole rings is 1. The first-order valence-electron chi connectivity index (χ1n) is 6.90. The Kier molecular flexibility index (Phi) is 3.80. The molecule has 2 aromatic heterocycles. The molecule has 3 nitrogen and oxygen atoms in total. The zero-order valence-electron chi connectivity index (χ0n) is 12.6.